The Morgan fingerprint density at radius 3 is 2.54 bits per heavy atom. The van der Waals surface area contributed by atoms with Gasteiger partial charge in [-0.05, 0) is 6.07 Å². The Balaban J connectivity index is 3.09. The van der Waals surface area contributed by atoms with Crippen molar-refractivity contribution in [3.63, 3.8) is 0 Å². The Kier molecular flexibility index (Phi) is 3.12. The molecule has 5 heteroatoms. The molecule has 13 heavy (non-hydrogen) atoms. The molecule has 0 aliphatic rings. The molecule has 0 amide bonds. The third-order valence-corrected chi connectivity index (χ3v) is 1.97. The van der Waals surface area contributed by atoms with E-state index in [1.165, 1.54) is 6.20 Å². The van der Waals surface area contributed by atoms with Crippen LogP contribution in [0.3, 0.4) is 0 Å². The van der Waals surface area contributed by atoms with Crippen molar-refractivity contribution in [1.29, 1.82) is 5.41 Å². The molecule has 1 rings (SSSR count). The minimum atomic E-state index is 0.265. The summed E-state index contributed by atoms with van der Waals surface area (Å²) in [6.45, 7) is 0. The lowest BCUT2D eigenvalue weighted by Gasteiger charge is -2.13. The van der Waals surface area contributed by atoms with Crippen LogP contribution in [-0.2, 0) is 0 Å². The maximum atomic E-state index is 7.63. The molecule has 0 saturated carbocycles. The summed E-state index contributed by atoms with van der Waals surface area (Å²) < 4.78 is 0. The zero-order valence-corrected chi connectivity index (χ0v) is 8.82. The van der Waals surface area contributed by atoms with Crippen LogP contribution in [0.1, 0.15) is 5.69 Å². The van der Waals surface area contributed by atoms with Crippen molar-refractivity contribution in [2.45, 2.75) is 0 Å². The number of nitrogens with zero attached hydrogens (tertiary/aromatic N) is 2. The van der Waals surface area contributed by atoms with E-state index in [1.54, 1.807) is 25.1 Å². The molecule has 1 aromatic heterocycles. The molecular weight excluding hydrogens is 209 g/mol. The smallest absolute Gasteiger partial charge is 0.148 e. The first-order chi connectivity index (χ1) is 6.02. The summed E-state index contributed by atoms with van der Waals surface area (Å²) in [4.78, 5) is 5.60. The SMILES string of the molecule is CN(C)C(=N)c1ncc(Cl)cc1Cl. The van der Waals surface area contributed by atoms with Crippen LogP contribution in [0.4, 0.5) is 0 Å². The molecule has 0 bridgehead atoms. The highest BCUT2D eigenvalue weighted by molar-refractivity contribution is 6.36. The van der Waals surface area contributed by atoms with Crippen LogP contribution in [0.15, 0.2) is 12.3 Å². The van der Waals surface area contributed by atoms with Gasteiger partial charge in [-0.25, -0.2) is 4.98 Å². The first-order valence-electron chi connectivity index (χ1n) is 3.59. The highest BCUT2D eigenvalue weighted by Crippen LogP contribution is 2.18. The second-order valence-electron chi connectivity index (χ2n) is 2.73. The summed E-state index contributed by atoms with van der Waals surface area (Å²) in [5.41, 5.74) is 0.441. The summed E-state index contributed by atoms with van der Waals surface area (Å²) in [5.74, 6) is 0.265. The van der Waals surface area contributed by atoms with Gasteiger partial charge in [0.05, 0.1) is 10.0 Å². The lowest BCUT2D eigenvalue weighted by atomic mass is 10.3. The molecule has 3 nitrogen and oxygen atoms in total. The van der Waals surface area contributed by atoms with Crippen LogP contribution in [0.25, 0.3) is 0 Å². The van der Waals surface area contributed by atoms with Crippen molar-refractivity contribution in [1.82, 2.24) is 9.88 Å². The molecule has 0 fully saturated rings. The second kappa shape index (κ2) is 3.94. The molecular formula is C8H9Cl2N3. The lowest BCUT2D eigenvalue weighted by molar-refractivity contribution is 0.616. The van der Waals surface area contributed by atoms with E-state index in [2.05, 4.69) is 4.98 Å². The van der Waals surface area contributed by atoms with Crippen molar-refractivity contribution in [2.75, 3.05) is 14.1 Å². The van der Waals surface area contributed by atoms with Gasteiger partial charge in [-0.1, -0.05) is 23.2 Å². The Hall–Kier alpha value is -0.800. The molecule has 0 spiro atoms. The molecule has 0 saturated heterocycles. The minimum Gasteiger partial charge on any atom is -0.361 e. The van der Waals surface area contributed by atoms with Crippen LogP contribution < -0.4 is 0 Å². The van der Waals surface area contributed by atoms with Gasteiger partial charge < -0.3 is 4.90 Å². The molecule has 0 aromatic carbocycles. The van der Waals surface area contributed by atoms with Gasteiger partial charge >= 0.3 is 0 Å². The van der Waals surface area contributed by atoms with E-state index in [1.807, 2.05) is 0 Å². The molecule has 1 aromatic rings. The number of hydrogen-bond donors (Lipinski definition) is 1. The summed E-state index contributed by atoms with van der Waals surface area (Å²) >= 11 is 11.5. The highest BCUT2D eigenvalue weighted by Gasteiger charge is 2.09. The number of rotatable bonds is 1. The van der Waals surface area contributed by atoms with Gasteiger partial charge in [0.15, 0.2) is 0 Å². The van der Waals surface area contributed by atoms with Crippen LogP contribution in [-0.4, -0.2) is 29.8 Å². The predicted molar refractivity (Wildman–Crippen MR) is 54.8 cm³/mol. The molecule has 1 N–H and O–H groups in total. The summed E-state index contributed by atoms with van der Waals surface area (Å²) in [6.07, 6.45) is 1.47. The van der Waals surface area contributed by atoms with Crippen LogP contribution in [0, 0.1) is 5.41 Å². The number of nitrogens with one attached hydrogen (secondary N) is 1. The quantitative estimate of drug-likeness (QED) is 0.580. The Labute approximate surface area is 86.8 Å². The standard InChI is InChI=1S/C8H9Cl2N3/c1-13(2)8(11)7-6(10)3-5(9)4-12-7/h3-4,11H,1-2H3. The molecule has 0 unspecified atom stereocenters. The molecule has 70 valence electrons. The largest absolute Gasteiger partial charge is 0.361 e. The van der Waals surface area contributed by atoms with Gasteiger partial charge in [0.25, 0.3) is 0 Å². The Morgan fingerprint density at radius 2 is 2.08 bits per heavy atom. The number of halogens is 2. The highest BCUT2D eigenvalue weighted by atomic mass is 35.5. The maximum Gasteiger partial charge on any atom is 0.148 e. The second-order valence-corrected chi connectivity index (χ2v) is 3.57. The maximum absolute atomic E-state index is 7.63. The van der Waals surface area contributed by atoms with Crippen molar-refractivity contribution in [3.8, 4) is 0 Å². The van der Waals surface area contributed by atoms with Crippen LogP contribution >= 0.6 is 23.2 Å². The number of hydrogen-bond acceptors (Lipinski definition) is 2. The zero-order valence-electron chi connectivity index (χ0n) is 7.31. The molecule has 0 aliphatic heterocycles. The van der Waals surface area contributed by atoms with E-state index in [0.29, 0.717) is 15.7 Å². The zero-order chi connectivity index (χ0) is 10.0. The minimum absolute atomic E-state index is 0.265. The summed E-state index contributed by atoms with van der Waals surface area (Å²) in [7, 11) is 3.52. The topological polar surface area (TPSA) is 40.0 Å². The number of aromatic nitrogens is 1. The summed E-state index contributed by atoms with van der Waals surface area (Å²) in [6, 6.07) is 1.57. The molecule has 0 radical (unpaired) electrons. The first kappa shape index (κ1) is 10.3. The van der Waals surface area contributed by atoms with Crippen molar-refractivity contribution < 1.29 is 0 Å². The van der Waals surface area contributed by atoms with E-state index in [0.717, 1.165) is 0 Å². The van der Waals surface area contributed by atoms with Gasteiger partial charge in [-0.3, -0.25) is 5.41 Å². The van der Waals surface area contributed by atoms with E-state index in [9.17, 15) is 0 Å². The van der Waals surface area contributed by atoms with E-state index < -0.39 is 0 Å². The van der Waals surface area contributed by atoms with Crippen molar-refractivity contribution in [3.05, 3.63) is 28.0 Å². The molecule has 0 aliphatic carbocycles. The van der Waals surface area contributed by atoms with Gasteiger partial charge in [0, 0.05) is 20.3 Å². The Morgan fingerprint density at radius 1 is 1.46 bits per heavy atom. The first-order valence-corrected chi connectivity index (χ1v) is 4.35. The van der Waals surface area contributed by atoms with Gasteiger partial charge in [-0.15, -0.1) is 0 Å². The predicted octanol–water partition coefficient (Wildman–Crippen LogP) is 2.28. The van der Waals surface area contributed by atoms with Gasteiger partial charge in [-0.2, -0.15) is 0 Å². The van der Waals surface area contributed by atoms with E-state index >= 15 is 0 Å². The molecule has 1 heterocycles. The Bertz CT molecular complexity index is 336. The third-order valence-electron chi connectivity index (χ3n) is 1.48. The fourth-order valence-corrected chi connectivity index (χ4v) is 1.27. The van der Waals surface area contributed by atoms with Crippen molar-refractivity contribution >= 4 is 29.0 Å². The fourth-order valence-electron chi connectivity index (χ4n) is 0.801. The van der Waals surface area contributed by atoms with Crippen LogP contribution in [0.5, 0.6) is 0 Å². The molecule has 0 atom stereocenters. The normalized spacial score (nSPS) is 9.85. The number of amidine groups is 1. The van der Waals surface area contributed by atoms with E-state index in [4.69, 9.17) is 28.6 Å². The van der Waals surface area contributed by atoms with Crippen molar-refractivity contribution in [2.24, 2.45) is 0 Å². The lowest BCUT2D eigenvalue weighted by Crippen LogP contribution is -2.23. The third kappa shape index (κ3) is 2.32. The fraction of sp³-hybridized carbons (Fsp3) is 0.250. The number of pyridine rings is 1. The van der Waals surface area contributed by atoms with Gasteiger partial charge in [0.1, 0.15) is 11.5 Å². The average Bonchev–Trinajstić information content (AvgIpc) is 2.03. The van der Waals surface area contributed by atoms with Gasteiger partial charge in [0.2, 0.25) is 0 Å². The summed E-state index contributed by atoms with van der Waals surface area (Å²) in [5, 5.41) is 8.50. The van der Waals surface area contributed by atoms with E-state index in [-0.39, 0.29) is 5.84 Å². The van der Waals surface area contributed by atoms with Crippen LogP contribution in [0.2, 0.25) is 10.0 Å². The average molecular weight is 218 g/mol. The monoisotopic (exact) mass is 217 g/mol.